The van der Waals surface area contributed by atoms with Crippen LogP contribution < -0.4 is 5.43 Å². The largest absolute Gasteiger partial charge is 0.506 e. The van der Waals surface area contributed by atoms with Crippen molar-refractivity contribution in [2.45, 2.75) is 27.2 Å². The van der Waals surface area contributed by atoms with Crippen LogP contribution in [0.2, 0.25) is 0 Å². The maximum absolute atomic E-state index is 12.1. The molecule has 21 heavy (non-hydrogen) atoms. The fourth-order valence-corrected chi connectivity index (χ4v) is 2.28. The normalized spacial score (nSPS) is 11.9. The molecule has 4 heteroatoms. The molecule has 0 fully saturated rings. The lowest BCUT2D eigenvalue weighted by Gasteiger charge is -2.08. The first-order valence-electron chi connectivity index (χ1n) is 7.03. The maximum Gasteiger partial charge on any atom is 0.275 e. The van der Waals surface area contributed by atoms with E-state index in [1.54, 1.807) is 12.1 Å². The van der Waals surface area contributed by atoms with Gasteiger partial charge in [0, 0.05) is 11.1 Å². The zero-order valence-electron chi connectivity index (χ0n) is 12.6. The smallest absolute Gasteiger partial charge is 0.275 e. The highest BCUT2D eigenvalue weighted by atomic mass is 16.3. The van der Waals surface area contributed by atoms with Crippen LogP contribution in [0.4, 0.5) is 0 Å². The molecule has 2 N–H and O–H groups in total. The first-order chi connectivity index (χ1) is 9.99. The Morgan fingerprint density at radius 3 is 2.67 bits per heavy atom. The topological polar surface area (TPSA) is 61.7 Å². The summed E-state index contributed by atoms with van der Waals surface area (Å²) in [5.41, 5.74) is 3.59. The standard InChI is InChI=1S/C17H20N2O2/c1-11(2)10-12(3)18-19-17(21)15-9-8-13-6-4-5-7-14(13)16(15)20/h4-9,11,20H,10H2,1-3H3,(H,19,21)/b18-12-. The first kappa shape index (κ1) is 15.0. The fourth-order valence-electron chi connectivity index (χ4n) is 2.28. The minimum absolute atomic E-state index is 0.0117. The Hall–Kier alpha value is -2.36. The zero-order valence-corrected chi connectivity index (χ0v) is 12.6. The predicted molar refractivity (Wildman–Crippen MR) is 85.6 cm³/mol. The van der Waals surface area contributed by atoms with Crippen LogP contribution in [-0.2, 0) is 0 Å². The average molecular weight is 284 g/mol. The molecule has 0 bridgehead atoms. The molecule has 0 saturated heterocycles. The van der Waals surface area contributed by atoms with Crippen molar-refractivity contribution >= 4 is 22.4 Å². The van der Waals surface area contributed by atoms with Gasteiger partial charge in [0.2, 0.25) is 0 Å². The summed E-state index contributed by atoms with van der Waals surface area (Å²) in [6, 6.07) is 10.8. The Morgan fingerprint density at radius 1 is 1.24 bits per heavy atom. The first-order valence-corrected chi connectivity index (χ1v) is 7.03. The molecule has 0 radical (unpaired) electrons. The van der Waals surface area contributed by atoms with Crippen molar-refractivity contribution in [3.8, 4) is 5.75 Å². The van der Waals surface area contributed by atoms with Crippen molar-refractivity contribution in [2.75, 3.05) is 0 Å². The number of carbonyl (C=O) groups is 1. The molecule has 0 atom stereocenters. The fraction of sp³-hybridized carbons (Fsp3) is 0.294. The summed E-state index contributed by atoms with van der Waals surface area (Å²) in [5.74, 6) is 0.0726. The summed E-state index contributed by atoms with van der Waals surface area (Å²) in [4.78, 5) is 12.1. The average Bonchev–Trinajstić information content (AvgIpc) is 2.45. The molecule has 2 aromatic rings. The zero-order chi connectivity index (χ0) is 15.4. The molecular weight excluding hydrogens is 264 g/mol. The number of amides is 1. The molecule has 4 nitrogen and oxygen atoms in total. The SMILES string of the molecule is C/C(CC(C)C)=N/NC(=O)c1ccc2ccccc2c1O. The van der Waals surface area contributed by atoms with Crippen molar-refractivity contribution in [1.29, 1.82) is 0 Å². The number of phenols is 1. The highest BCUT2D eigenvalue weighted by Gasteiger charge is 2.13. The Balaban J connectivity index is 2.22. The molecule has 0 unspecified atom stereocenters. The molecule has 110 valence electrons. The molecule has 0 spiro atoms. The van der Waals surface area contributed by atoms with Crippen LogP contribution in [0.25, 0.3) is 10.8 Å². The number of phenolic OH excluding ortho intramolecular Hbond substituents is 1. The third kappa shape index (κ3) is 3.60. The summed E-state index contributed by atoms with van der Waals surface area (Å²) in [6.45, 7) is 6.06. The van der Waals surface area contributed by atoms with Gasteiger partial charge in [-0.2, -0.15) is 5.10 Å². The quantitative estimate of drug-likeness (QED) is 0.664. The van der Waals surface area contributed by atoms with Crippen LogP contribution in [0.15, 0.2) is 41.5 Å². The molecule has 1 amide bonds. The molecule has 0 aliphatic carbocycles. The van der Waals surface area contributed by atoms with Crippen LogP contribution in [0.1, 0.15) is 37.6 Å². The maximum atomic E-state index is 12.1. The molecule has 0 saturated carbocycles. The van der Waals surface area contributed by atoms with Crippen molar-refractivity contribution in [2.24, 2.45) is 11.0 Å². The van der Waals surface area contributed by atoms with Gasteiger partial charge in [-0.15, -0.1) is 0 Å². The Morgan fingerprint density at radius 2 is 1.95 bits per heavy atom. The lowest BCUT2D eigenvalue weighted by atomic mass is 10.1. The number of rotatable bonds is 4. The van der Waals surface area contributed by atoms with Crippen LogP contribution >= 0.6 is 0 Å². The van der Waals surface area contributed by atoms with Crippen molar-refractivity contribution in [3.05, 3.63) is 42.0 Å². The van der Waals surface area contributed by atoms with Gasteiger partial charge in [-0.25, -0.2) is 5.43 Å². The number of nitrogens with zero attached hydrogens (tertiary/aromatic N) is 1. The molecule has 2 aromatic carbocycles. The predicted octanol–water partition coefficient (Wildman–Crippen LogP) is 3.70. The van der Waals surface area contributed by atoms with E-state index >= 15 is 0 Å². The van der Waals surface area contributed by atoms with Crippen molar-refractivity contribution in [3.63, 3.8) is 0 Å². The molecular formula is C17H20N2O2. The van der Waals surface area contributed by atoms with E-state index in [9.17, 15) is 9.90 Å². The van der Waals surface area contributed by atoms with Gasteiger partial charge in [0.1, 0.15) is 5.75 Å². The highest BCUT2D eigenvalue weighted by molar-refractivity contribution is 6.03. The van der Waals surface area contributed by atoms with Gasteiger partial charge < -0.3 is 5.11 Å². The third-order valence-corrected chi connectivity index (χ3v) is 3.20. The van der Waals surface area contributed by atoms with E-state index < -0.39 is 5.91 Å². The number of benzene rings is 2. The molecule has 0 aromatic heterocycles. The third-order valence-electron chi connectivity index (χ3n) is 3.20. The number of hydrogen-bond acceptors (Lipinski definition) is 3. The molecule has 0 heterocycles. The Bertz CT molecular complexity index is 690. The van der Waals surface area contributed by atoms with Crippen LogP contribution in [-0.4, -0.2) is 16.7 Å². The van der Waals surface area contributed by atoms with Gasteiger partial charge in [0.15, 0.2) is 0 Å². The number of hydrazone groups is 1. The summed E-state index contributed by atoms with van der Waals surface area (Å²) in [5, 5.41) is 15.8. The lowest BCUT2D eigenvalue weighted by Crippen LogP contribution is -2.19. The van der Waals surface area contributed by atoms with E-state index in [1.165, 1.54) is 0 Å². The van der Waals surface area contributed by atoms with Gasteiger partial charge in [0.05, 0.1) is 5.56 Å². The minimum atomic E-state index is -0.402. The highest BCUT2D eigenvalue weighted by Crippen LogP contribution is 2.28. The Kier molecular flexibility index (Phi) is 4.58. The van der Waals surface area contributed by atoms with Crippen LogP contribution in [0.5, 0.6) is 5.75 Å². The summed E-state index contributed by atoms with van der Waals surface area (Å²) < 4.78 is 0. The van der Waals surface area contributed by atoms with Crippen molar-refractivity contribution in [1.82, 2.24) is 5.43 Å². The summed E-state index contributed by atoms with van der Waals surface area (Å²) >= 11 is 0. The van der Waals surface area contributed by atoms with Crippen LogP contribution in [0.3, 0.4) is 0 Å². The molecule has 0 aliphatic rings. The second-order valence-corrected chi connectivity index (χ2v) is 5.57. The molecule has 0 aliphatic heterocycles. The van der Waals surface area contributed by atoms with E-state index in [2.05, 4.69) is 24.4 Å². The summed E-state index contributed by atoms with van der Waals surface area (Å²) in [6.07, 6.45) is 0.823. The van der Waals surface area contributed by atoms with E-state index in [0.29, 0.717) is 11.3 Å². The minimum Gasteiger partial charge on any atom is -0.506 e. The van der Waals surface area contributed by atoms with Crippen LogP contribution in [0, 0.1) is 5.92 Å². The van der Waals surface area contributed by atoms with Gasteiger partial charge in [-0.3, -0.25) is 4.79 Å². The van der Waals surface area contributed by atoms with Gasteiger partial charge >= 0.3 is 0 Å². The molecule has 2 rings (SSSR count). The monoisotopic (exact) mass is 284 g/mol. The number of fused-ring (bicyclic) bond motifs is 1. The van der Waals surface area contributed by atoms with Gasteiger partial charge in [-0.1, -0.05) is 44.2 Å². The second-order valence-electron chi connectivity index (χ2n) is 5.57. The van der Waals surface area contributed by atoms with E-state index in [0.717, 1.165) is 17.5 Å². The number of nitrogens with one attached hydrogen (secondary N) is 1. The van der Waals surface area contributed by atoms with Gasteiger partial charge in [0.25, 0.3) is 5.91 Å². The Labute approximate surface area is 124 Å². The number of hydrogen-bond donors (Lipinski definition) is 2. The van der Waals surface area contributed by atoms with Gasteiger partial charge in [-0.05, 0) is 30.7 Å². The van der Waals surface area contributed by atoms with E-state index in [-0.39, 0.29) is 11.3 Å². The van der Waals surface area contributed by atoms with E-state index in [1.807, 2.05) is 31.2 Å². The van der Waals surface area contributed by atoms with Crippen molar-refractivity contribution < 1.29 is 9.90 Å². The lowest BCUT2D eigenvalue weighted by molar-refractivity contribution is 0.0952. The van der Waals surface area contributed by atoms with E-state index in [4.69, 9.17) is 0 Å². The number of aromatic hydroxyl groups is 1. The summed E-state index contributed by atoms with van der Waals surface area (Å²) in [7, 11) is 0. The number of carbonyl (C=O) groups excluding carboxylic acids is 1. The second kappa shape index (κ2) is 6.39.